The van der Waals surface area contributed by atoms with Gasteiger partial charge in [0.2, 0.25) is 0 Å². The molecule has 4 nitrogen and oxygen atoms in total. The molecule has 2 atom stereocenters. The van der Waals surface area contributed by atoms with Crippen LogP contribution >= 0.6 is 0 Å². The van der Waals surface area contributed by atoms with Crippen molar-refractivity contribution in [1.82, 2.24) is 5.32 Å². The molecule has 178 valence electrons. The van der Waals surface area contributed by atoms with Gasteiger partial charge in [-0.15, -0.1) is 0 Å². The van der Waals surface area contributed by atoms with Crippen molar-refractivity contribution in [3.05, 3.63) is 112 Å². The number of carbonyl (C=O) groups is 1. The van der Waals surface area contributed by atoms with Gasteiger partial charge in [-0.2, -0.15) is 0 Å². The fourth-order valence-electron chi connectivity index (χ4n) is 5.16. The number of ether oxygens (including phenoxy) is 2. The van der Waals surface area contributed by atoms with Gasteiger partial charge in [-0.25, -0.2) is 9.18 Å². The number of methoxy groups -OCH3 is 1. The summed E-state index contributed by atoms with van der Waals surface area (Å²) in [6.45, 7) is 3.11. The van der Waals surface area contributed by atoms with Crippen LogP contribution in [-0.2, 0) is 11.3 Å². The number of halogens is 1. The van der Waals surface area contributed by atoms with Gasteiger partial charge >= 0.3 is 5.97 Å². The van der Waals surface area contributed by atoms with Gasteiger partial charge in [-0.3, -0.25) is 0 Å². The summed E-state index contributed by atoms with van der Waals surface area (Å²) in [6, 6.07) is 25.3. The highest BCUT2D eigenvalue weighted by Gasteiger charge is 2.33. The maximum Gasteiger partial charge on any atom is 0.338 e. The summed E-state index contributed by atoms with van der Waals surface area (Å²) in [5, 5.41) is 5.98. The van der Waals surface area contributed by atoms with Crippen LogP contribution in [0.5, 0.6) is 5.75 Å². The van der Waals surface area contributed by atoms with Crippen molar-refractivity contribution in [2.45, 2.75) is 31.9 Å². The average molecular weight is 470 g/mol. The van der Waals surface area contributed by atoms with Crippen molar-refractivity contribution < 1.29 is 18.7 Å². The SMILES string of the molecule is COC(=O)c1ccc(F)c(C2CC(CNCc3cccc4ccccc34)Oc3ccccc32)c1C. The Morgan fingerprint density at radius 1 is 1.03 bits per heavy atom. The van der Waals surface area contributed by atoms with E-state index in [1.54, 1.807) is 6.92 Å². The lowest BCUT2D eigenvalue weighted by Gasteiger charge is -2.34. The number of carbonyl (C=O) groups excluding carboxylic acids is 1. The van der Waals surface area contributed by atoms with Crippen molar-refractivity contribution in [2.75, 3.05) is 13.7 Å². The van der Waals surface area contributed by atoms with E-state index in [-0.39, 0.29) is 17.8 Å². The smallest absolute Gasteiger partial charge is 0.338 e. The lowest BCUT2D eigenvalue weighted by atomic mass is 9.81. The van der Waals surface area contributed by atoms with Crippen molar-refractivity contribution in [2.24, 2.45) is 0 Å². The second-order valence-corrected chi connectivity index (χ2v) is 8.96. The van der Waals surface area contributed by atoms with E-state index in [9.17, 15) is 4.79 Å². The molecule has 0 saturated heterocycles. The Morgan fingerprint density at radius 3 is 2.66 bits per heavy atom. The van der Waals surface area contributed by atoms with Crippen LogP contribution in [0.4, 0.5) is 4.39 Å². The van der Waals surface area contributed by atoms with Gasteiger partial charge in [0.1, 0.15) is 17.7 Å². The van der Waals surface area contributed by atoms with Gasteiger partial charge in [-0.05, 0) is 59.0 Å². The Morgan fingerprint density at radius 2 is 1.80 bits per heavy atom. The van der Waals surface area contributed by atoms with Gasteiger partial charge in [0.25, 0.3) is 0 Å². The quantitative estimate of drug-likeness (QED) is 0.344. The predicted octanol–water partition coefficient (Wildman–Crippen LogP) is 6.15. The van der Waals surface area contributed by atoms with Gasteiger partial charge in [0.15, 0.2) is 0 Å². The Bertz CT molecular complexity index is 1380. The zero-order valence-electron chi connectivity index (χ0n) is 19.9. The minimum atomic E-state index is -0.461. The Kier molecular flexibility index (Phi) is 6.51. The van der Waals surface area contributed by atoms with Crippen LogP contribution in [0.15, 0.2) is 78.9 Å². The molecule has 4 aromatic carbocycles. The fraction of sp³-hybridized carbons (Fsp3) is 0.233. The van der Waals surface area contributed by atoms with Crippen LogP contribution in [0.25, 0.3) is 10.8 Å². The summed E-state index contributed by atoms with van der Waals surface area (Å²) in [4.78, 5) is 12.3. The summed E-state index contributed by atoms with van der Waals surface area (Å²) in [6.07, 6.45) is 0.451. The largest absolute Gasteiger partial charge is 0.489 e. The van der Waals surface area contributed by atoms with E-state index >= 15 is 4.39 Å². The monoisotopic (exact) mass is 469 g/mol. The molecule has 1 heterocycles. The Labute approximate surface area is 204 Å². The molecule has 35 heavy (non-hydrogen) atoms. The Hall–Kier alpha value is -3.70. The third-order valence-corrected chi connectivity index (χ3v) is 6.87. The second kappa shape index (κ2) is 9.88. The molecule has 2 unspecified atom stereocenters. The fourth-order valence-corrected chi connectivity index (χ4v) is 5.16. The minimum Gasteiger partial charge on any atom is -0.489 e. The summed E-state index contributed by atoms with van der Waals surface area (Å²) in [7, 11) is 1.34. The van der Waals surface area contributed by atoms with Gasteiger partial charge in [0, 0.05) is 24.6 Å². The second-order valence-electron chi connectivity index (χ2n) is 8.96. The van der Waals surface area contributed by atoms with E-state index in [0.29, 0.717) is 36.2 Å². The molecule has 0 bridgehead atoms. The highest BCUT2D eigenvalue weighted by Crippen LogP contribution is 2.42. The molecular formula is C30H28FNO3. The number of benzene rings is 4. The molecule has 4 aromatic rings. The number of rotatable bonds is 6. The van der Waals surface area contributed by atoms with Crippen LogP contribution in [-0.4, -0.2) is 25.7 Å². The molecule has 0 aliphatic carbocycles. The van der Waals surface area contributed by atoms with E-state index in [2.05, 4.69) is 41.7 Å². The van der Waals surface area contributed by atoms with E-state index in [1.807, 2.05) is 30.3 Å². The molecule has 0 aromatic heterocycles. The third-order valence-electron chi connectivity index (χ3n) is 6.87. The van der Waals surface area contributed by atoms with E-state index < -0.39 is 5.97 Å². The lowest BCUT2D eigenvalue weighted by molar-refractivity contribution is 0.0599. The standard InChI is InChI=1S/C30H28FNO3/c1-19-23(30(33)34-2)14-15-27(31)29(19)26-16-22(35-28-13-6-5-12-25(26)28)18-32-17-21-10-7-9-20-8-3-4-11-24(20)21/h3-15,22,26,32H,16-18H2,1-2H3. The predicted molar refractivity (Wildman–Crippen MR) is 135 cm³/mol. The first-order valence-corrected chi connectivity index (χ1v) is 11.9. The van der Waals surface area contributed by atoms with E-state index in [4.69, 9.17) is 9.47 Å². The van der Waals surface area contributed by atoms with Crippen LogP contribution < -0.4 is 10.1 Å². The van der Waals surface area contributed by atoms with Crippen molar-refractivity contribution in [3.63, 3.8) is 0 Å². The Balaban J connectivity index is 1.40. The number of esters is 1. The molecule has 0 radical (unpaired) electrons. The van der Waals surface area contributed by atoms with E-state index in [1.165, 1.54) is 35.6 Å². The maximum absolute atomic E-state index is 15.2. The highest BCUT2D eigenvalue weighted by molar-refractivity contribution is 5.91. The molecule has 1 aliphatic rings. The summed E-state index contributed by atoms with van der Waals surface area (Å²) < 4.78 is 26.4. The first-order valence-electron chi connectivity index (χ1n) is 11.9. The van der Waals surface area contributed by atoms with E-state index in [0.717, 1.165) is 11.3 Å². The molecule has 5 rings (SSSR count). The minimum absolute atomic E-state index is 0.148. The van der Waals surface area contributed by atoms with Crippen LogP contribution in [0.2, 0.25) is 0 Å². The zero-order chi connectivity index (χ0) is 24.4. The third kappa shape index (κ3) is 4.52. The normalized spacial score (nSPS) is 17.0. The van der Waals surface area contributed by atoms with Crippen molar-refractivity contribution in [1.29, 1.82) is 0 Å². The zero-order valence-corrected chi connectivity index (χ0v) is 19.9. The summed E-state index contributed by atoms with van der Waals surface area (Å²) >= 11 is 0. The lowest BCUT2D eigenvalue weighted by Crippen LogP contribution is -2.36. The molecule has 1 N–H and O–H groups in total. The van der Waals surface area contributed by atoms with Crippen LogP contribution in [0.1, 0.15) is 45.0 Å². The van der Waals surface area contributed by atoms with Crippen LogP contribution in [0.3, 0.4) is 0 Å². The number of hydrogen-bond donors (Lipinski definition) is 1. The molecule has 0 saturated carbocycles. The summed E-state index contributed by atoms with van der Waals surface area (Å²) in [5.41, 5.74) is 3.69. The van der Waals surface area contributed by atoms with Crippen molar-refractivity contribution in [3.8, 4) is 5.75 Å². The number of para-hydroxylation sites is 1. The van der Waals surface area contributed by atoms with Gasteiger partial charge in [-0.1, -0.05) is 60.7 Å². The highest BCUT2D eigenvalue weighted by atomic mass is 19.1. The first kappa shape index (κ1) is 23.1. The molecule has 1 aliphatic heterocycles. The topological polar surface area (TPSA) is 47.6 Å². The molecule has 0 fully saturated rings. The summed E-state index contributed by atoms with van der Waals surface area (Å²) in [5.74, 6) is -0.256. The number of hydrogen-bond acceptors (Lipinski definition) is 4. The molecular weight excluding hydrogens is 441 g/mol. The van der Waals surface area contributed by atoms with Gasteiger partial charge < -0.3 is 14.8 Å². The number of nitrogens with one attached hydrogen (secondary N) is 1. The van der Waals surface area contributed by atoms with Crippen LogP contribution in [0, 0.1) is 12.7 Å². The van der Waals surface area contributed by atoms with Crippen molar-refractivity contribution >= 4 is 16.7 Å². The molecule has 0 amide bonds. The van der Waals surface area contributed by atoms with Gasteiger partial charge in [0.05, 0.1) is 12.7 Å². The number of fused-ring (bicyclic) bond motifs is 2. The average Bonchev–Trinajstić information content (AvgIpc) is 2.88. The molecule has 5 heteroatoms. The molecule has 0 spiro atoms. The maximum atomic E-state index is 15.2. The first-order chi connectivity index (χ1) is 17.1.